The molecule has 0 amide bonds. The maximum atomic E-state index is 10.9. The van der Waals surface area contributed by atoms with E-state index in [0.29, 0.717) is 0 Å². The summed E-state index contributed by atoms with van der Waals surface area (Å²) in [6.07, 6.45) is 7.48. The van der Waals surface area contributed by atoms with Gasteiger partial charge in [-0.1, -0.05) is 25.7 Å². The minimum Gasteiger partial charge on any atom is -0.476 e. The van der Waals surface area contributed by atoms with E-state index in [2.05, 4.69) is 5.10 Å². The lowest BCUT2D eigenvalue weighted by Crippen LogP contribution is -2.10. The van der Waals surface area contributed by atoms with Gasteiger partial charge in [-0.25, -0.2) is 4.79 Å². The third-order valence-corrected chi connectivity index (χ3v) is 3.31. The quantitative estimate of drug-likeness (QED) is 0.506. The molecule has 1 heterocycles. The van der Waals surface area contributed by atoms with Gasteiger partial charge < -0.3 is 5.11 Å². The fourth-order valence-electron chi connectivity index (χ4n) is 2.38. The van der Waals surface area contributed by atoms with Crippen LogP contribution in [0.2, 0.25) is 0 Å². The third kappa shape index (κ3) is 2.49. The Kier molecular flexibility index (Phi) is 3.59. The highest BCUT2D eigenvalue weighted by Gasteiger charge is 2.27. The maximum absolute atomic E-state index is 10.9. The predicted molar refractivity (Wildman–Crippen MR) is 62.6 cm³/mol. The van der Waals surface area contributed by atoms with Crippen molar-refractivity contribution >= 4 is 11.7 Å². The van der Waals surface area contributed by atoms with E-state index >= 15 is 0 Å². The van der Waals surface area contributed by atoms with Crippen molar-refractivity contribution in [2.75, 3.05) is 0 Å². The molecular weight excluding hydrogens is 238 g/mol. The molecule has 0 aliphatic heterocycles. The summed E-state index contributed by atoms with van der Waals surface area (Å²) in [5.74, 6) is -1.35. The molecule has 0 unspecified atom stereocenters. The molecule has 0 atom stereocenters. The van der Waals surface area contributed by atoms with Gasteiger partial charge in [0.1, 0.15) is 6.20 Å². The Morgan fingerprint density at radius 3 is 2.44 bits per heavy atom. The molecule has 1 fully saturated rings. The van der Waals surface area contributed by atoms with Crippen LogP contribution in [-0.2, 0) is 0 Å². The molecule has 1 aliphatic carbocycles. The summed E-state index contributed by atoms with van der Waals surface area (Å²) in [7, 11) is 0. The van der Waals surface area contributed by atoms with Crippen molar-refractivity contribution in [1.82, 2.24) is 9.78 Å². The van der Waals surface area contributed by atoms with E-state index in [9.17, 15) is 14.9 Å². The first-order chi connectivity index (χ1) is 8.59. The van der Waals surface area contributed by atoms with Crippen LogP contribution >= 0.6 is 0 Å². The topological polar surface area (TPSA) is 98.3 Å². The normalized spacial score (nSPS) is 17.3. The number of carboxylic acids is 1. The fraction of sp³-hybridized carbons (Fsp3) is 0.636. The molecule has 0 bridgehead atoms. The molecule has 0 spiro atoms. The van der Waals surface area contributed by atoms with Crippen LogP contribution in [0.25, 0.3) is 0 Å². The van der Waals surface area contributed by atoms with Crippen molar-refractivity contribution in [3.63, 3.8) is 0 Å². The van der Waals surface area contributed by atoms with Crippen LogP contribution < -0.4 is 0 Å². The Balaban J connectivity index is 2.30. The van der Waals surface area contributed by atoms with Crippen molar-refractivity contribution in [2.45, 2.75) is 44.6 Å². The summed E-state index contributed by atoms with van der Waals surface area (Å²) in [5, 5.41) is 23.6. The van der Waals surface area contributed by atoms with E-state index in [4.69, 9.17) is 5.11 Å². The number of nitro groups is 1. The van der Waals surface area contributed by atoms with Crippen LogP contribution in [0, 0.1) is 10.1 Å². The largest absolute Gasteiger partial charge is 0.476 e. The average Bonchev–Trinajstić information content (AvgIpc) is 2.59. The molecule has 7 heteroatoms. The first kappa shape index (κ1) is 12.5. The minimum atomic E-state index is -1.35. The summed E-state index contributed by atoms with van der Waals surface area (Å²) < 4.78 is 1.47. The molecular formula is C11H15N3O4. The highest BCUT2D eigenvalue weighted by molar-refractivity contribution is 5.89. The average molecular weight is 253 g/mol. The minimum absolute atomic E-state index is 0.0827. The van der Waals surface area contributed by atoms with E-state index in [-0.39, 0.29) is 6.04 Å². The van der Waals surface area contributed by atoms with E-state index < -0.39 is 22.3 Å². The van der Waals surface area contributed by atoms with Gasteiger partial charge in [0.2, 0.25) is 5.69 Å². The summed E-state index contributed by atoms with van der Waals surface area (Å²) in [4.78, 5) is 21.0. The molecule has 1 aromatic rings. The smallest absolute Gasteiger partial charge is 0.363 e. The van der Waals surface area contributed by atoms with E-state index in [1.807, 2.05) is 0 Å². The lowest BCUT2D eigenvalue weighted by molar-refractivity contribution is -0.385. The number of carbonyl (C=O) groups is 1. The van der Waals surface area contributed by atoms with Gasteiger partial charge in [0, 0.05) is 0 Å². The molecule has 0 aromatic carbocycles. The third-order valence-electron chi connectivity index (χ3n) is 3.31. The maximum Gasteiger partial charge on any atom is 0.363 e. The monoisotopic (exact) mass is 253 g/mol. The Morgan fingerprint density at radius 1 is 1.39 bits per heavy atom. The van der Waals surface area contributed by atoms with Crippen LogP contribution in [0.3, 0.4) is 0 Å². The lowest BCUT2D eigenvalue weighted by Gasteiger charge is -2.13. The van der Waals surface area contributed by atoms with Crippen LogP contribution in [0.4, 0.5) is 5.69 Å². The van der Waals surface area contributed by atoms with Crippen molar-refractivity contribution < 1.29 is 14.8 Å². The number of carboxylic acid groups (broad SMARTS) is 1. The zero-order valence-electron chi connectivity index (χ0n) is 9.91. The van der Waals surface area contributed by atoms with Gasteiger partial charge in [-0.15, -0.1) is 0 Å². The standard InChI is InChI=1S/C11H15N3O4/c15-11(16)10-9(14(17)18)7-13(12-10)8-5-3-1-2-4-6-8/h7-8H,1-6H2,(H,15,16). The molecule has 1 N–H and O–H groups in total. The number of rotatable bonds is 3. The number of aromatic carboxylic acids is 1. The van der Waals surface area contributed by atoms with E-state index in [1.54, 1.807) is 0 Å². The Labute approximate surface area is 104 Å². The molecule has 0 saturated heterocycles. The Morgan fingerprint density at radius 2 is 2.00 bits per heavy atom. The highest BCUT2D eigenvalue weighted by Crippen LogP contribution is 2.29. The molecule has 18 heavy (non-hydrogen) atoms. The molecule has 98 valence electrons. The second kappa shape index (κ2) is 5.16. The highest BCUT2D eigenvalue weighted by atomic mass is 16.6. The van der Waals surface area contributed by atoms with Crippen molar-refractivity contribution in [3.05, 3.63) is 22.0 Å². The molecule has 7 nitrogen and oxygen atoms in total. The summed E-state index contributed by atoms with van der Waals surface area (Å²) in [5.41, 5.74) is -0.893. The number of nitrogens with zero attached hydrogens (tertiary/aromatic N) is 3. The van der Waals surface area contributed by atoms with Crippen molar-refractivity contribution in [2.24, 2.45) is 0 Å². The summed E-state index contributed by atoms with van der Waals surface area (Å²) in [6.45, 7) is 0. The van der Waals surface area contributed by atoms with Crippen molar-refractivity contribution in [1.29, 1.82) is 0 Å². The van der Waals surface area contributed by atoms with Gasteiger partial charge in [0.25, 0.3) is 0 Å². The zero-order chi connectivity index (χ0) is 13.1. The Bertz CT molecular complexity index is 429. The molecule has 1 saturated carbocycles. The second-order valence-electron chi connectivity index (χ2n) is 4.55. The number of hydrogen-bond donors (Lipinski definition) is 1. The zero-order valence-corrected chi connectivity index (χ0v) is 9.91. The van der Waals surface area contributed by atoms with Gasteiger partial charge in [0.05, 0.1) is 11.0 Å². The first-order valence-electron chi connectivity index (χ1n) is 6.06. The number of aromatic nitrogens is 2. The molecule has 2 rings (SSSR count). The van der Waals surface area contributed by atoms with E-state index in [1.165, 1.54) is 10.9 Å². The van der Waals surface area contributed by atoms with Gasteiger partial charge in [-0.2, -0.15) is 5.10 Å². The predicted octanol–water partition coefficient (Wildman–Crippen LogP) is 2.38. The lowest BCUT2D eigenvalue weighted by atomic mass is 10.1. The first-order valence-corrected chi connectivity index (χ1v) is 6.06. The molecule has 0 radical (unpaired) electrons. The Hall–Kier alpha value is -1.92. The molecule has 1 aromatic heterocycles. The second-order valence-corrected chi connectivity index (χ2v) is 4.55. The van der Waals surface area contributed by atoms with E-state index in [0.717, 1.165) is 38.5 Å². The molecule has 1 aliphatic rings. The SMILES string of the molecule is O=C(O)c1nn(C2CCCCCC2)cc1[N+](=O)[O-]. The fourth-order valence-corrected chi connectivity index (χ4v) is 2.38. The van der Waals surface area contributed by atoms with Crippen molar-refractivity contribution in [3.8, 4) is 0 Å². The van der Waals surface area contributed by atoms with Crippen LogP contribution in [0.1, 0.15) is 55.1 Å². The number of hydrogen-bond acceptors (Lipinski definition) is 4. The summed E-state index contributed by atoms with van der Waals surface area (Å²) >= 11 is 0. The van der Waals surface area contributed by atoms with Crippen LogP contribution in [0.5, 0.6) is 0 Å². The van der Waals surface area contributed by atoms with Gasteiger partial charge in [-0.3, -0.25) is 14.8 Å². The van der Waals surface area contributed by atoms with Gasteiger partial charge in [0.15, 0.2) is 0 Å². The van der Waals surface area contributed by atoms with Crippen LogP contribution in [0.15, 0.2) is 6.20 Å². The van der Waals surface area contributed by atoms with Gasteiger partial charge in [-0.05, 0) is 12.8 Å². The van der Waals surface area contributed by atoms with Crippen LogP contribution in [-0.4, -0.2) is 25.8 Å². The van der Waals surface area contributed by atoms with Gasteiger partial charge >= 0.3 is 11.7 Å². The summed E-state index contributed by atoms with van der Waals surface area (Å²) in [6, 6.07) is 0.0827.